The smallest absolute Gasteiger partial charge is 0.403 e. The van der Waals surface area contributed by atoms with Crippen molar-refractivity contribution in [1.29, 1.82) is 0 Å². The second-order valence-corrected chi connectivity index (χ2v) is 5.44. The molecule has 0 aromatic carbocycles. The molecule has 1 fully saturated rings. The number of hydrogen-bond acceptors (Lipinski definition) is 2. The van der Waals surface area contributed by atoms with Gasteiger partial charge in [-0.25, -0.2) is 0 Å². The minimum Gasteiger partial charge on any atom is -0.481 e. The van der Waals surface area contributed by atoms with Gasteiger partial charge in [-0.2, -0.15) is 13.2 Å². The van der Waals surface area contributed by atoms with E-state index < -0.39 is 24.6 Å². The van der Waals surface area contributed by atoms with E-state index in [1.807, 2.05) is 0 Å². The number of halogens is 3. The first-order valence-electron chi connectivity index (χ1n) is 5.65. The summed E-state index contributed by atoms with van der Waals surface area (Å²) >= 11 is 0. The second-order valence-electron chi connectivity index (χ2n) is 5.44. The molecule has 100 valence electrons. The molecule has 3 nitrogen and oxygen atoms in total. The normalized spacial score (nSPS) is 25.8. The van der Waals surface area contributed by atoms with E-state index in [9.17, 15) is 18.0 Å². The second kappa shape index (κ2) is 4.84. The molecule has 0 heterocycles. The molecule has 0 aliphatic heterocycles. The van der Waals surface area contributed by atoms with Gasteiger partial charge in [-0.05, 0) is 24.7 Å². The number of nitrogens with one attached hydrogen (secondary N) is 1. The molecule has 1 aliphatic carbocycles. The van der Waals surface area contributed by atoms with Crippen molar-refractivity contribution in [2.75, 3.05) is 6.54 Å². The van der Waals surface area contributed by atoms with Gasteiger partial charge in [0, 0.05) is 12.6 Å². The lowest BCUT2D eigenvalue weighted by Gasteiger charge is -2.21. The third-order valence-electron chi connectivity index (χ3n) is 3.27. The molecule has 0 amide bonds. The quantitative estimate of drug-likeness (QED) is 0.809. The van der Waals surface area contributed by atoms with Crippen LogP contribution in [0.5, 0.6) is 0 Å². The molecule has 2 unspecified atom stereocenters. The molecule has 6 heteroatoms. The average molecular weight is 253 g/mol. The Hall–Kier alpha value is -0.780. The molecule has 2 N–H and O–H groups in total. The predicted molar refractivity (Wildman–Crippen MR) is 56.6 cm³/mol. The Bertz CT molecular complexity index is 289. The van der Waals surface area contributed by atoms with Crippen LogP contribution in [-0.2, 0) is 4.79 Å². The Labute approximate surface area is 98.4 Å². The van der Waals surface area contributed by atoms with Gasteiger partial charge in [-0.3, -0.25) is 4.79 Å². The lowest BCUT2D eigenvalue weighted by molar-refractivity contribution is -0.192. The number of hydrogen-bond donors (Lipinski definition) is 2. The molecule has 1 aliphatic rings. The number of rotatable bonds is 4. The van der Waals surface area contributed by atoms with Crippen molar-refractivity contribution in [2.45, 2.75) is 45.3 Å². The molecule has 0 radical (unpaired) electrons. The minimum absolute atomic E-state index is 0.00537. The van der Waals surface area contributed by atoms with E-state index in [1.54, 1.807) is 0 Å². The first kappa shape index (κ1) is 14.3. The molecule has 0 bridgehead atoms. The third-order valence-corrected chi connectivity index (χ3v) is 3.27. The van der Waals surface area contributed by atoms with Crippen LogP contribution in [0.25, 0.3) is 0 Å². The van der Waals surface area contributed by atoms with Gasteiger partial charge in [0.15, 0.2) is 5.92 Å². The fourth-order valence-corrected chi connectivity index (χ4v) is 2.24. The van der Waals surface area contributed by atoms with E-state index in [-0.39, 0.29) is 11.5 Å². The van der Waals surface area contributed by atoms with Gasteiger partial charge >= 0.3 is 12.1 Å². The Kier molecular flexibility index (Phi) is 4.06. The van der Waals surface area contributed by atoms with Crippen molar-refractivity contribution in [2.24, 2.45) is 11.3 Å². The molecule has 0 spiro atoms. The van der Waals surface area contributed by atoms with Gasteiger partial charge in [0.25, 0.3) is 0 Å². The predicted octanol–water partition coefficient (Wildman–Crippen LogP) is 2.42. The number of carbonyl (C=O) groups is 1. The number of carboxylic acid groups (broad SMARTS) is 1. The van der Waals surface area contributed by atoms with Crippen LogP contribution in [-0.4, -0.2) is 29.8 Å². The van der Waals surface area contributed by atoms with Gasteiger partial charge in [0.2, 0.25) is 0 Å². The Balaban J connectivity index is 2.46. The van der Waals surface area contributed by atoms with Gasteiger partial charge in [0.1, 0.15) is 0 Å². The van der Waals surface area contributed by atoms with Crippen LogP contribution in [0.1, 0.15) is 33.1 Å². The van der Waals surface area contributed by atoms with E-state index in [4.69, 9.17) is 5.11 Å². The van der Waals surface area contributed by atoms with Crippen LogP contribution in [0.4, 0.5) is 13.2 Å². The zero-order valence-electron chi connectivity index (χ0n) is 9.97. The topological polar surface area (TPSA) is 49.3 Å². The van der Waals surface area contributed by atoms with Crippen molar-refractivity contribution in [3.63, 3.8) is 0 Å². The molecule has 1 rings (SSSR count). The molecule has 1 saturated carbocycles. The lowest BCUT2D eigenvalue weighted by Crippen LogP contribution is -2.42. The lowest BCUT2D eigenvalue weighted by atomic mass is 9.92. The summed E-state index contributed by atoms with van der Waals surface area (Å²) in [6, 6.07) is -0.00537. The standard InChI is InChI=1S/C11H18F3NO2/c1-10(2)4-3-7(5-10)15-6-8(9(16)17)11(12,13)14/h7-8,15H,3-6H2,1-2H3,(H,16,17). The highest BCUT2D eigenvalue weighted by Gasteiger charge is 2.45. The van der Waals surface area contributed by atoms with E-state index >= 15 is 0 Å². The summed E-state index contributed by atoms with van der Waals surface area (Å²) in [5.74, 6) is -4.13. The minimum atomic E-state index is -4.69. The highest BCUT2D eigenvalue weighted by molar-refractivity contribution is 5.71. The number of alkyl halides is 3. The Morgan fingerprint density at radius 1 is 1.53 bits per heavy atom. The maximum Gasteiger partial charge on any atom is 0.403 e. The summed E-state index contributed by atoms with van der Waals surface area (Å²) in [4.78, 5) is 10.5. The summed E-state index contributed by atoms with van der Waals surface area (Å²) in [6.45, 7) is 3.58. The maximum absolute atomic E-state index is 12.4. The maximum atomic E-state index is 12.4. The first-order chi connectivity index (χ1) is 7.62. The highest BCUT2D eigenvalue weighted by Crippen LogP contribution is 2.37. The largest absolute Gasteiger partial charge is 0.481 e. The summed E-state index contributed by atoms with van der Waals surface area (Å²) in [6.07, 6.45) is -2.14. The summed E-state index contributed by atoms with van der Waals surface area (Å²) in [7, 11) is 0. The fraction of sp³-hybridized carbons (Fsp3) is 0.909. The van der Waals surface area contributed by atoms with Crippen LogP contribution >= 0.6 is 0 Å². The van der Waals surface area contributed by atoms with Crippen molar-refractivity contribution < 1.29 is 23.1 Å². The fourth-order valence-electron chi connectivity index (χ4n) is 2.24. The van der Waals surface area contributed by atoms with Crippen molar-refractivity contribution in [1.82, 2.24) is 5.32 Å². The monoisotopic (exact) mass is 253 g/mol. The van der Waals surface area contributed by atoms with E-state index in [0.29, 0.717) is 0 Å². The van der Waals surface area contributed by atoms with Crippen LogP contribution in [0.3, 0.4) is 0 Å². The Morgan fingerprint density at radius 3 is 2.47 bits per heavy atom. The SMILES string of the molecule is CC1(C)CCC(NCC(C(=O)O)C(F)(F)F)C1. The number of aliphatic carboxylic acids is 1. The van der Waals surface area contributed by atoms with Crippen molar-refractivity contribution >= 4 is 5.97 Å². The van der Waals surface area contributed by atoms with Gasteiger partial charge in [0.05, 0.1) is 0 Å². The third kappa shape index (κ3) is 4.18. The van der Waals surface area contributed by atoms with Gasteiger partial charge in [-0.1, -0.05) is 13.8 Å². The molecule has 0 aromatic rings. The average Bonchev–Trinajstić information content (AvgIpc) is 2.42. The van der Waals surface area contributed by atoms with Crippen molar-refractivity contribution in [3.05, 3.63) is 0 Å². The van der Waals surface area contributed by atoms with Crippen LogP contribution < -0.4 is 5.32 Å². The van der Waals surface area contributed by atoms with Crippen molar-refractivity contribution in [3.8, 4) is 0 Å². The highest BCUT2D eigenvalue weighted by atomic mass is 19.4. The van der Waals surface area contributed by atoms with Gasteiger partial charge in [-0.15, -0.1) is 0 Å². The van der Waals surface area contributed by atoms with E-state index in [2.05, 4.69) is 19.2 Å². The van der Waals surface area contributed by atoms with Crippen LogP contribution in [0, 0.1) is 11.3 Å². The molecule has 2 atom stereocenters. The number of carboxylic acids is 1. The summed E-state index contributed by atoms with van der Waals surface area (Å²) in [5.41, 5.74) is 0.134. The van der Waals surface area contributed by atoms with Crippen LogP contribution in [0.2, 0.25) is 0 Å². The molecule has 17 heavy (non-hydrogen) atoms. The molecular formula is C11H18F3NO2. The molecule has 0 saturated heterocycles. The molecule has 0 aromatic heterocycles. The Morgan fingerprint density at radius 2 is 2.12 bits per heavy atom. The zero-order valence-corrected chi connectivity index (χ0v) is 9.97. The molecular weight excluding hydrogens is 235 g/mol. The van der Waals surface area contributed by atoms with Crippen LogP contribution in [0.15, 0.2) is 0 Å². The zero-order chi connectivity index (χ0) is 13.3. The van der Waals surface area contributed by atoms with E-state index in [0.717, 1.165) is 19.3 Å². The van der Waals surface area contributed by atoms with E-state index in [1.165, 1.54) is 0 Å². The first-order valence-corrected chi connectivity index (χ1v) is 5.65. The summed E-state index contributed by atoms with van der Waals surface area (Å²) in [5, 5.41) is 11.2. The summed E-state index contributed by atoms with van der Waals surface area (Å²) < 4.78 is 37.1. The van der Waals surface area contributed by atoms with Gasteiger partial charge < -0.3 is 10.4 Å².